The van der Waals surface area contributed by atoms with Gasteiger partial charge in [0.2, 0.25) is 17.7 Å². The van der Waals surface area contributed by atoms with Gasteiger partial charge < -0.3 is 20.3 Å². The Labute approximate surface area is 217 Å². The number of rotatable bonds is 7. The van der Waals surface area contributed by atoms with Gasteiger partial charge in [-0.05, 0) is 30.4 Å². The predicted octanol–water partition coefficient (Wildman–Crippen LogP) is 3.71. The fourth-order valence-corrected chi connectivity index (χ4v) is 4.91. The summed E-state index contributed by atoms with van der Waals surface area (Å²) in [5.41, 5.74) is 4.35. The molecule has 196 valence electrons. The van der Waals surface area contributed by atoms with E-state index in [1.54, 1.807) is 30.1 Å². The van der Waals surface area contributed by atoms with E-state index in [9.17, 15) is 14.4 Å². The van der Waals surface area contributed by atoms with Gasteiger partial charge in [0.25, 0.3) is 0 Å². The number of aromatic nitrogens is 1. The Morgan fingerprint density at radius 2 is 1.78 bits per heavy atom. The minimum atomic E-state index is -0.770. The minimum absolute atomic E-state index is 0.114. The van der Waals surface area contributed by atoms with Crippen LogP contribution in [0.1, 0.15) is 58.8 Å². The van der Waals surface area contributed by atoms with E-state index < -0.39 is 17.5 Å². The third-order valence-corrected chi connectivity index (χ3v) is 7.39. The summed E-state index contributed by atoms with van der Waals surface area (Å²) in [4.78, 5) is 46.4. The van der Waals surface area contributed by atoms with Crippen molar-refractivity contribution in [2.45, 2.75) is 66.6 Å². The van der Waals surface area contributed by atoms with Gasteiger partial charge in [-0.25, -0.2) is 4.98 Å². The second kappa shape index (κ2) is 11.5. The van der Waals surface area contributed by atoms with Crippen LogP contribution < -0.4 is 10.6 Å². The van der Waals surface area contributed by atoms with Gasteiger partial charge in [0, 0.05) is 12.5 Å². The summed E-state index contributed by atoms with van der Waals surface area (Å²) in [5.74, 6) is -0.987. The molecule has 0 bridgehead atoms. The van der Waals surface area contributed by atoms with E-state index in [-0.39, 0.29) is 36.3 Å². The molecule has 1 aliphatic heterocycles. The standard InChI is InChI=1S/C27H38N4O4S/c1-16(2)24(32)30-23(27(5,6)7)26(34)31-12-13-35-14-21(31)25(33)29-17(3)19-8-10-20(11-9-19)22-18(4)28-15-36-22/h8-11,15-17,21,23H,12-14H2,1-7H3,(H,29,33)(H,30,32)/t17-,21-,23+/m0/s1. The molecular formula is C27H38N4O4S. The van der Waals surface area contributed by atoms with Gasteiger partial charge in [-0.3, -0.25) is 14.4 Å². The molecule has 2 N–H and O–H groups in total. The van der Waals surface area contributed by atoms with Gasteiger partial charge in [-0.1, -0.05) is 58.9 Å². The summed E-state index contributed by atoms with van der Waals surface area (Å²) in [5, 5.41) is 5.94. The van der Waals surface area contributed by atoms with Gasteiger partial charge in [-0.15, -0.1) is 11.3 Å². The SMILES string of the molecule is Cc1ncsc1-c1ccc([C@H](C)NC(=O)[C@@H]2COCCN2C(=O)[C@@H](NC(=O)C(C)C)C(C)(C)C)cc1. The van der Waals surface area contributed by atoms with Gasteiger partial charge in [-0.2, -0.15) is 0 Å². The van der Waals surface area contributed by atoms with E-state index in [0.717, 1.165) is 21.7 Å². The number of hydrogen-bond donors (Lipinski definition) is 2. The molecule has 0 spiro atoms. The molecule has 1 fully saturated rings. The lowest BCUT2D eigenvalue weighted by atomic mass is 9.85. The molecular weight excluding hydrogens is 476 g/mol. The maximum absolute atomic E-state index is 13.6. The number of benzene rings is 1. The number of aryl methyl sites for hydroxylation is 1. The first-order valence-electron chi connectivity index (χ1n) is 12.4. The van der Waals surface area contributed by atoms with Crippen LogP contribution in [0.2, 0.25) is 0 Å². The predicted molar refractivity (Wildman–Crippen MR) is 141 cm³/mol. The Kier molecular flexibility index (Phi) is 8.89. The molecule has 3 amide bonds. The smallest absolute Gasteiger partial charge is 0.246 e. The summed E-state index contributed by atoms with van der Waals surface area (Å²) >= 11 is 1.60. The zero-order valence-electron chi connectivity index (χ0n) is 22.3. The molecule has 0 unspecified atom stereocenters. The first kappa shape index (κ1) is 27.8. The highest BCUT2D eigenvalue weighted by molar-refractivity contribution is 7.13. The van der Waals surface area contributed by atoms with Crippen LogP contribution in [0.3, 0.4) is 0 Å². The van der Waals surface area contributed by atoms with Crippen LogP contribution in [0, 0.1) is 18.3 Å². The van der Waals surface area contributed by atoms with Crippen molar-refractivity contribution in [2.24, 2.45) is 11.3 Å². The molecule has 1 aromatic heterocycles. The fourth-order valence-electron chi connectivity index (χ4n) is 4.10. The molecule has 1 aliphatic rings. The number of hydrogen-bond acceptors (Lipinski definition) is 6. The molecule has 3 atom stereocenters. The molecule has 1 saturated heterocycles. The van der Waals surface area contributed by atoms with E-state index in [1.165, 1.54) is 0 Å². The molecule has 2 aromatic rings. The van der Waals surface area contributed by atoms with Crippen LogP contribution in [0.4, 0.5) is 0 Å². The number of nitrogens with one attached hydrogen (secondary N) is 2. The van der Waals surface area contributed by atoms with Crippen molar-refractivity contribution in [1.29, 1.82) is 0 Å². The number of amides is 3. The number of nitrogens with zero attached hydrogens (tertiary/aromatic N) is 2. The Hall–Kier alpha value is -2.78. The van der Waals surface area contributed by atoms with Crippen LogP contribution in [-0.2, 0) is 19.1 Å². The van der Waals surface area contributed by atoms with E-state index >= 15 is 0 Å². The molecule has 0 saturated carbocycles. The van der Waals surface area contributed by atoms with Crippen LogP contribution in [0.25, 0.3) is 10.4 Å². The summed E-state index contributed by atoms with van der Waals surface area (Å²) in [6.07, 6.45) is 0. The zero-order valence-corrected chi connectivity index (χ0v) is 23.1. The van der Waals surface area contributed by atoms with Crippen LogP contribution in [0.15, 0.2) is 29.8 Å². The first-order valence-corrected chi connectivity index (χ1v) is 13.3. The van der Waals surface area contributed by atoms with Crippen LogP contribution in [0.5, 0.6) is 0 Å². The van der Waals surface area contributed by atoms with E-state index in [4.69, 9.17) is 4.74 Å². The van der Waals surface area contributed by atoms with Gasteiger partial charge >= 0.3 is 0 Å². The normalized spacial score (nSPS) is 18.0. The van der Waals surface area contributed by atoms with Crippen molar-refractivity contribution in [2.75, 3.05) is 19.8 Å². The maximum atomic E-state index is 13.6. The quantitative estimate of drug-likeness (QED) is 0.587. The summed E-state index contributed by atoms with van der Waals surface area (Å²) in [7, 11) is 0. The van der Waals surface area contributed by atoms with Gasteiger partial charge in [0.05, 0.1) is 35.3 Å². The van der Waals surface area contributed by atoms with Crippen LogP contribution in [-0.4, -0.2) is 59.4 Å². The number of morpholine rings is 1. The second-order valence-electron chi connectivity index (χ2n) is 10.7. The molecule has 0 aliphatic carbocycles. The Morgan fingerprint density at radius 1 is 1.11 bits per heavy atom. The molecule has 1 aromatic carbocycles. The van der Waals surface area contributed by atoms with Crippen molar-refractivity contribution in [1.82, 2.24) is 20.5 Å². The lowest BCUT2D eigenvalue weighted by Crippen LogP contribution is -2.63. The first-order chi connectivity index (χ1) is 16.9. The fraction of sp³-hybridized carbons (Fsp3) is 0.556. The highest BCUT2D eigenvalue weighted by Gasteiger charge is 2.41. The van der Waals surface area contributed by atoms with Crippen molar-refractivity contribution >= 4 is 29.1 Å². The number of thiazole rings is 1. The topological polar surface area (TPSA) is 101 Å². The molecule has 36 heavy (non-hydrogen) atoms. The van der Waals surface area contributed by atoms with Crippen molar-refractivity contribution in [3.05, 3.63) is 41.0 Å². The molecule has 9 heteroatoms. The Bertz CT molecular complexity index is 1070. The van der Waals surface area contributed by atoms with Crippen LogP contribution >= 0.6 is 11.3 Å². The highest BCUT2D eigenvalue weighted by atomic mass is 32.1. The van der Waals surface area contributed by atoms with Gasteiger partial charge in [0.15, 0.2) is 0 Å². The molecule has 3 rings (SSSR count). The molecule has 8 nitrogen and oxygen atoms in total. The Morgan fingerprint density at radius 3 is 2.33 bits per heavy atom. The van der Waals surface area contributed by atoms with E-state index in [1.807, 2.05) is 64.4 Å². The summed E-state index contributed by atoms with van der Waals surface area (Å²) in [6.45, 7) is 14.0. The molecule has 0 radical (unpaired) electrons. The number of carbonyl (C=O) groups is 3. The largest absolute Gasteiger partial charge is 0.377 e. The molecule has 2 heterocycles. The second-order valence-corrected chi connectivity index (χ2v) is 11.6. The average molecular weight is 515 g/mol. The zero-order chi connectivity index (χ0) is 26.6. The summed E-state index contributed by atoms with van der Waals surface area (Å²) < 4.78 is 5.58. The van der Waals surface area contributed by atoms with E-state index in [2.05, 4.69) is 15.6 Å². The van der Waals surface area contributed by atoms with Gasteiger partial charge in [0.1, 0.15) is 12.1 Å². The van der Waals surface area contributed by atoms with E-state index in [0.29, 0.717) is 13.2 Å². The lowest BCUT2D eigenvalue weighted by Gasteiger charge is -2.40. The van der Waals surface area contributed by atoms with Crippen molar-refractivity contribution in [3.8, 4) is 10.4 Å². The third kappa shape index (κ3) is 6.50. The number of carbonyl (C=O) groups excluding carboxylic acids is 3. The number of ether oxygens (including phenoxy) is 1. The summed E-state index contributed by atoms with van der Waals surface area (Å²) in [6, 6.07) is 6.28. The Balaban J connectivity index is 1.73. The highest BCUT2D eigenvalue weighted by Crippen LogP contribution is 2.28. The maximum Gasteiger partial charge on any atom is 0.246 e. The average Bonchev–Trinajstić information content (AvgIpc) is 3.26. The third-order valence-electron chi connectivity index (χ3n) is 6.42. The monoisotopic (exact) mass is 514 g/mol. The van der Waals surface area contributed by atoms with Crippen molar-refractivity contribution < 1.29 is 19.1 Å². The lowest BCUT2D eigenvalue weighted by molar-refractivity contribution is -0.153. The van der Waals surface area contributed by atoms with Crippen molar-refractivity contribution in [3.63, 3.8) is 0 Å². The minimum Gasteiger partial charge on any atom is -0.377 e.